The predicted molar refractivity (Wildman–Crippen MR) is 245 cm³/mol. The molecule has 63 heavy (non-hydrogen) atoms. The first-order valence-electron chi connectivity index (χ1n) is 19.4. The van der Waals surface area contributed by atoms with E-state index >= 15 is 0 Å². The zero-order valence-electron chi connectivity index (χ0n) is 34.0. The molecule has 2 aliphatic rings. The Hall–Kier alpha value is -8.02. The third-order valence-electron chi connectivity index (χ3n) is 10.5. The van der Waals surface area contributed by atoms with Crippen LogP contribution in [0.4, 0.5) is 11.4 Å². The fourth-order valence-electron chi connectivity index (χ4n) is 7.46. The van der Waals surface area contributed by atoms with E-state index in [2.05, 4.69) is 0 Å². The van der Waals surface area contributed by atoms with Crippen LogP contribution in [0.5, 0.6) is 11.5 Å². The number of aromatic nitrogens is 4. The summed E-state index contributed by atoms with van der Waals surface area (Å²) in [6, 6.07) is 36.0. The van der Waals surface area contributed by atoms with Crippen LogP contribution in [-0.2, 0) is 19.5 Å². The van der Waals surface area contributed by atoms with Gasteiger partial charge in [0.1, 0.15) is 11.5 Å². The van der Waals surface area contributed by atoms with Crippen molar-refractivity contribution in [2.75, 3.05) is 14.2 Å². The van der Waals surface area contributed by atoms with Crippen molar-refractivity contribution in [1.82, 2.24) is 19.9 Å². The standard InChI is InChI=1S/C50H34N6O6.Zn/c1-61-37-13-5-9-33(29-37)49-45-23-19-41(51-45)39(17-15-31-7-3-11-35(27-31)55(57)58)43-21-25-47(53-43)50(34-10-6-14-38(30-34)62-2)48-26-22-44(54-48)40(42-20-24-46(49)52-42)18-16-32-8-4-12-36(28-32)56(59)60;/h3-30H,1-2H3;/q-2;+2/b17-15+,18-16+,41-39?,42-40?,43-39?,44-40?,49-45?,49-46?,50-47?,50-48?;. The first-order chi connectivity index (χ1) is 30.2. The largest absolute Gasteiger partial charge is 2.00 e. The van der Waals surface area contributed by atoms with Crippen LogP contribution in [0, 0.1) is 20.2 Å². The van der Waals surface area contributed by atoms with Crippen molar-refractivity contribution in [2.45, 2.75) is 0 Å². The Bertz CT molecular complexity index is 3040. The normalized spacial score (nSPS) is 11.8. The molecule has 302 valence electrons. The van der Waals surface area contributed by atoms with Gasteiger partial charge >= 0.3 is 19.5 Å². The molecule has 2 aliphatic heterocycles. The van der Waals surface area contributed by atoms with Gasteiger partial charge in [-0.25, -0.2) is 9.97 Å². The zero-order chi connectivity index (χ0) is 42.7. The Balaban J connectivity index is 0.00000544. The fraction of sp³-hybridized carbons (Fsp3) is 0.0400. The van der Waals surface area contributed by atoms with Gasteiger partial charge in [0.2, 0.25) is 0 Å². The number of ether oxygens (including phenoxy) is 2. The molecule has 12 nitrogen and oxygen atoms in total. The molecule has 4 aromatic carbocycles. The summed E-state index contributed by atoms with van der Waals surface area (Å²) >= 11 is 0. The number of rotatable bonds is 10. The third kappa shape index (κ3) is 8.63. The number of fused-ring (bicyclic) bond motifs is 8. The van der Waals surface area contributed by atoms with E-state index in [1.807, 2.05) is 121 Å². The van der Waals surface area contributed by atoms with Gasteiger partial charge in [0.15, 0.2) is 0 Å². The number of hydrogen-bond donors (Lipinski definition) is 0. The van der Waals surface area contributed by atoms with Gasteiger partial charge in [-0.3, -0.25) is 20.2 Å². The number of nitro groups is 2. The van der Waals surface area contributed by atoms with Crippen LogP contribution >= 0.6 is 0 Å². The molecule has 7 aromatic rings. The molecule has 0 aliphatic carbocycles. The SMILES string of the molecule is COc1cccc(-c2c3nc(c(/C=C/c4cccc([N+](=O)[O-])c4)c4ccc([n-]4)c(-c4cccc(OC)c4)c4nc(c(/C=C/c5cccc([N+](=O)[O-])c5)c5ccc2[n-]5)C=C4)C=C3)c1.[Zn+2]. The van der Waals surface area contributed by atoms with Crippen LogP contribution in [0.3, 0.4) is 0 Å². The van der Waals surface area contributed by atoms with Crippen LogP contribution < -0.4 is 19.4 Å². The number of nitro benzene ring substituents is 2. The molecule has 0 N–H and O–H groups in total. The molecule has 0 atom stereocenters. The van der Waals surface area contributed by atoms with Crippen molar-refractivity contribution in [3.8, 4) is 33.8 Å². The maximum atomic E-state index is 11.6. The van der Waals surface area contributed by atoms with Crippen LogP contribution in [0.2, 0.25) is 0 Å². The van der Waals surface area contributed by atoms with E-state index < -0.39 is 9.85 Å². The second-order valence-corrected chi connectivity index (χ2v) is 14.3. The molecular weight excluding hydrogens is 846 g/mol. The van der Waals surface area contributed by atoms with Crippen molar-refractivity contribution < 1.29 is 38.8 Å². The molecule has 0 unspecified atom stereocenters. The maximum absolute atomic E-state index is 11.6. The molecule has 3 aromatic heterocycles. The average molecular weight is 880 g/mol. The van der Waals surface area contributed by atoms with E-state index in [0.717, 1.165) is 22.3 Å². The fourth-order valence-corrected chi connectivity index (χ4v) is 7.46. The zero-order valence-corrected chi connectivity index (χ0v) is 37.0. The number of hydrogen-bond acceptors (Lipinski definition) is 8. The Morgan fingerprint density at radius 1 is 0.492 bits per heavy atom. The summed E-state index contributed by atoms with van der Waals surface area (Å²) in [6.45, 7) is 0. The molecule has 0 saturated heterocycles. The van der Waals surface area contributed by atoms with Crippen LogP contribution in [0.1, 0.15) is 45.0 Å². The van der Waals surface area contributed by atoms with Gasteiger partial charge < -0.3 is 19.4 Å². The van der Waals surface area contributed by atoms with E-state index in [1.54, 1.807) is 38.5 Å². The first kappa shape index (κ1) is 41.7. The Labute approximate surface area is 373 Å². The summed E-state index contributed by atoms with van der Waals surface area (Å²) in [6.07, 6.45) is 15.1. The molecular formula is C50H34N6O6Zn. The summed E-state index contributed by atoms with van der Waals surface area (Å²) < 4.78 is 11.3. The summed E-state index contributed by atoms with van der Waals surface area (Å²) in [7, 11) is 3.23. The summed E-state index contributed by atoms with van der Waals surface area (Å²) in [4.78, 5) is 43.3. The minimum atomic E-state index is -0.418. The minimum absolute atomic E-state index is 0. The molecule has 0 spiro atoms. The second-order valence-electron chi connectivity index (χ2n) is 14.3. The van der Waals surface area contributed by atoms with Gasteiger partial charge in [0.05, 0.1) is 46.8 Å². The summed E-state index contributed by atoms with van der Waals surface area (Å²) in [5.41, 5.74) is 10.8. The van der Waals surface area contributed by atoms with Crippen LogP contribution in [0.25, 0.3) is 92.9 Å². The summed E-state index contributed by atoms with van der Waals surface area (Å²) in [5, 5.41) is 23.3. The van der Waals surface area contributed by atoms with Gasteiger partial charge in [0, 0.05) is 24.3 Å². The van der Waals surface area contributed by atoms with Crippen LogP contribution in [0.15, 0.2) is 121 Å². The van der Waals surface area contributed by atoms with Crippen molar-refractivity contribution >= 4 is 82.0 Å². The Morgan fingerprint density at radius 2 is 0.889 bits per heavy atom. The average Bonchev–Trinajstić information content (AvgIpc) is 4.15. The molecule has 0 amide bonds. The monoisotopic (exact) mass is 878 g/mol. The molecule has 9 rings (SSSR count). The van der Waals surface area contributed by atoms with Crippen molar-refractivity contribution in [3.05, 3.63) is 187 Å². The van der Waals surface area contributed by atoms with E-state index in [9.17, 15) is 20.2 Å². The number of benzene rings is 4. The molecule has 13 heteroatoms. The third-order valence-corrected chi connectivity index (χ3v) is 10.5. The van der Waals surface area contributed by atoms with E-state index in [-0.39, 0.29) is 30.9 Å². The van der Waals surface area contributed by atoms with E-state index in [0.29, 0.717) is 78.6 Å². The van der Waals surface area contributed by atoms with E-state index in [1.165, 1.54) is 24.3 Å². The Morgan fingerprint density at radius 3 is 1.30 bits per heavy atom. The van der Waals surface area contributed by atoms with Gasteiger partial charge in [-0.2, -0.15) is 0 Å². The first-order valence-corrected chi connectivity index (χ1v) is 19.4. The van der Waals surface area contributed by atoms with Crippen LogP contribution in [-0.4, -0.2) is 34.0 Å². The Kier molecular flexibility index (Phi) is 11.9. The topological polar surface area (TPSA) is 159 Å². The van der Waals surface area contributed by atoms with Crippen molar-refractivity contribution in [3.63, 3.8) is 0 Å². The number of methoxy groups -OCH3 is 2. The van der Waals surface area contributed by atoms with Crippen molar-refractivity contribution in [2.24, 2.45) is 0 Å². The van der Waals surface area contributed by atoms with Gasteiger partial charge in [0.25, 0.3) is 11.4 Å². The summed E-state index contributed by atoms with van der Waals surface area (Å²) in [5.74, 6) is 1.31. The maximum Gasteiger partial charge on any atom is 2.00 e. The second kappa shape index (κ2) is 17.9. The molecule has 0 saturated carbocycles. The quantitative estimate of drug-likeness (QED) is 0.0735. The molecule has 5 heterocycles. The van der Waals surface area contributed by atoms with Gasteiger partial charge in [-0.15, -0.1) is 22.1 Å². The van der Waals surface area contributed by atoms with Gasteiger partial charge in [-0.1, -0.05) is 97.1 Å². The smallest absolute Gasteiger partial charge is 0.657 e. The number of non-ortho nitro benzene ring substituents is 2. The molecule has 0 fully saturated rings. The molecule has 8 bridgehead atoms. The minimum Gasteiger partial charge on any atom is -0.657 e. The predicted octanol–water partition coefficient (Wildman–Crippen LogP) is 11.4. The number of nitrogens with zero attached hydrogens (tertiary/aromatic N) is 6. The van der Waals surface area contributed by atoms with Gasteiger partial charge in [-0.05, 0) is 93.1 Å². The van der Waals surface area contributed by atoms with Crippen molar-refractivity contribution in [1.29, 1.82) is 0 Å². The van der Waals surface area contributed by atoms with E-state index in [4.69, 9.17) is 29.4 Å². The molecule has 0 radical (unpaired) electrons.